The van der Waals surface area contributed by atoms with Gasteiger partial charge in [-0.05, 0) is 41.4 Å². The lowest BCUT2D eigenvalue weighted by Gasteiger charge is -2.02. The van der Waals surface area contributed by atoms with Crippen LogP contribution in [-0.4, -0.2) is 16.3 Å². The third kappa shape index (κ3) is 1.97. The van der Waals surface area contributed by atoms with Crippen molar-refractivity contribution in [3.8, 4) is 0 Å². The van der Waals surface area contributed by atoms with Gasteiger partial charge in [-0.15, -0.1) is 0 Å². The van der Waals surface area contributed by atoms with E-state index in [1.165, 1.54) is 12.1 Å². The molecule has 86 valence electrons. The third-order valence-electron chi connectivity index (χ3n) is 2.59. The summed E-state index contributed by atoms with van der Waals surface area (Å²) in [7, 11) is 1.87. The Labute approximate surface area is 102 Å². The molecular weight excluding hydrogens is 273 g/mol. The average molecular weight is 286 g/mol. The number of aromatic nitrogens is 2. The van der Waals surface area contributed by atoms with Gasteiger partial charge in [-0.1, -0.05) is 0 Å². The highest BCUT2D eigenvalue weighted by molar-refractivity contribution is 9.10. The zero-order valence-electron chi connectivity index (χ0n) is 9.00. The quantitative estimate of drug-likeness (QED) is 0.941. The summed E-state index contributed by atoms with van der Waals surface area (Å²) < 4.78 is 15.7. The first-order valence-corrected chi connectivity index (χ1v) is 5.93. The molecule has 16 heavy (non-hydrogen) atoms. The number of nitrogens with two attached hydrogens (primary N) is 1. The van der Waals surface area contributed by atoms with Crippen LogP contribution in [0.15, 0.2) is 16.6 Å². The summed E-state index contributed by atoms with van der Waals surface area (Å²) in [6.07, 6.45) is 1.76. The van der Waals surface area contributed by atoms with Crippen LogP contribution in [0.3, 0.4) is 0 Å². The first kappa shape index (κ1) is 11.5. The van der Waals surface area contributed by atoms with Crippen LogP contribution >= 0.6 is 15.9 Å². The second kappa shape index (κ2) is 4.51. The minimum Gasteiger partial charge on any atom is -0.330 e. The Morgan fingerprint density at radius 3 is 2.94 bits per heavy atom. The predicted molar refractivity (Wildman–Crippen MR) is 65.7 cm³/mol. The molecule has 0 bridgehead atoms. The zero-order valence-corrected chi connectivity index (χ0v) is 10.6. The van der Waals surface area contributed by atoms with Crippen LogP contribution in [0.1, 0.15) is 12.1 Å². The lowest BCUT2D eigenvalue weighted by molar-refractivity contribution is 0.628. The van der Waals surface area contributed by atoms with Gasteiger partial charge in [0.25, 0.3) is 0 Å². The summed E-state index contributed by atoms with van der Waals surface area (Å²) in [6, 6.07) is 2.92. The summed E-state index contributed by atoms with van der Waals surface area (Å²) in [6.45, 7) is 0.644. The molecule has 2 aromatic rings. The van der Waals surface area contributed by atoms with Crippen molar-refractivity contribution in [1.82, 2.24) is 9.78 Å². The monoisotopic (exact) mass is 285 g/mol. The van der Waals surface area contributed by atoms with E-state index in [0.29, 0.717) is 12.1 Å². The molecular formula is C11H13BrFN3. The topological polar surface area (TPSA) is 43.8 Å². The van der Waals surface area contributed by atoms with Gasteiger partial charge in [0.2, 0.25) is 0 Å². The van der Waals surface area contributed by atoms with E-state index in [1.807, 2.05) is 7.05 Å². The van der Waals surface area contributed by atoms with Crippen molar-refractivity contribution in [2.45, 2.75) is 12.8 Å². The molecule has 0 aliphatic carbocycles. The Morgan fingerprint density at radius 1 is 1.50 bits per heavy atom. The van der Waals surface area contributed by atoms with Gasteiger partial charge in [0, 0.05) is 28.7 Å². The smallest absolute Gasteiger partial charge is 0.126 e. The molecule has 0 unspecified atom stereocenters. The Morgan fingerprint density at radius 2 is 2.25 bits per heavy atom. The van der Waals surface area contributed by atoms with E-state index in [-0.39, 0.29) is 5.82 Å². The molecule has 2 rings (SSSR count). The maximum Gasteiger partial charge on any atom is 0.126 e. The Hall–Kier alpha value is -0.940. The van der Waals surface area contributed by atoms with Gasteiger partial charge in [0.1, 0.15) is 5.82 Å². The molecule has 5 heteroatoms. The van der Waals surface area contributed by atoms with E-state index >= 15 is 0 Å². The molecule has 0 amide bonds. The van der Waals surface area contributed by atoms with Gasteiger partial charge in [0.15, 0.2) is 0 Å². The van der Waals surface area contributed by atoms with Crippen molar-refractivity contribution >= 4 is 26.8 Å². The van der Waals surface area contributed by atoms with Gasteiger partial charge < -0.3 is 5.73 Å². The van der Waals surface area contributed by atoms with Crippen LogP contribution in [0.5, 0.6) is 0 Å². The number of fused-ring (bicyclic) bond motifs is 1. The largest absolute Gasteiger partial charge is 0.330 e. The summed E-state index contributed by atoms with van der Waals surface area (Å²) in [5, 5.41) is 5.28. The molecule has 0 aliphatic heterocycles. The molecule has 1 heterocycles. The highest BCUT2D eigenvalue weighted by Crippen LogP contribution is 2.28. The SMILES string of the molecule is Cn1nc2cc(F)cc(Br)c2c1CCCN. The summed E-state index contributed by atoms with van der Waals surface area (Å²) in [5.41, 5.74) is 7.27. The van der Waals surface area contributed by atoms with E-state index in [2.05, 4.69) is 21.0 Å². The highest BCUT2D eigenvalue weighted by atomic mass is 79.9. The summed E-state index contributed by atoms with van der Waals surface area (Å²) in [4.78, 5) is 0. The van der Waals surface area contributed by atoms with Gasteiger partial charge in [-0.2, -0.15) is 5.10 Å². The van der Waals surface area contributed by atoms with Crippen molar-refractivity contribution in [2.75, 3.05) is 6.54 Å². The molecule has 0 spiro atoms. The fourth-order valence-electron chi connectivity index (χ4n) is 1.86. The molecule has 0 saturated carbocycles. The molecule has 1 aromatic heterocycles. The standard InChI is InChI=1S/C11H13BrFN3/c1-16-10(3-2-4-14)11-8(12)5-7(13)6-9(11)15-16/h5-6H,2-4,14H2,1H3. The van der Waals surface area contributed by atoms with Crippen LogP contribution in [0.25, 0.3) is 10.9 Å². The number of aryl methyl sites for hydroxylation is 2. The van der Waals surface area contributed by atoms with Crippen LogP contribution in [0, 0.1) is 5.82 Å². The zero-order chi connectivity index (χ0) is 11.7. The van der Waals surface area contributed by atoms with Crippen LogP contribution in [0.4, 0.5) is 4.39 Å². The van der Waals surface area contributed by atoms with Crippen LogP contribution < -0.4 is 5.73 Å². The number of rotatable bonds is 3. The fraction of sp³-hybridized carbons (Fsp3) is 0.364. The Bertz CT molecular complexity index is 521. The first-order valence-electron chi connectivity index (χ1n) is 5.14. The number of hydrogen-bond donors (Lipinski definition) is 1. The van der Waals surface area contributed by atoms with E-state index in [0.717, 1.165) is 28.4 Å². The number of hydrogen-bond acceptors (Lipinski definition) is 2. The lowest BCUT2D eigenvalue weighted by atomic mass is 10.1. The first-order chi connectivity index (χ1) is 7.63. The molecule has 0 aliphatic rings. The van der Waals surface area contributed by atoms with E-state index in [4.69, 9.17) is 5.73 Å². The number of benzene rings is 1. The lowest BCUT2D eigenvalue weighted by Crippen LogP contribution is -2.04. The van der Waals surface area contributed by atoms with Gasteiger partial charge in [-0.25, -0.2) is 4.39 Å². The van der Waals surface area contributed by atoms with Gasteiger partial charge >= 0.3 is 0 Å². The minimum absolute atomic E-state index is 0.275. The molecule has 3 nitrogen and oxygen atoms in total. The number of nitrogens with zero attached hydrogens (tertiary/aromatic N) is 2. The van der Waals surface area contributed by atoms with Crippen molar-refractivity contribution < 1.29 is 4.39 Å². The van der Waals surface area contributed by atoms with Crippen molar-refractivity contribution in [2.24, 2.45) is 12.8 Å². The van der Waals surface area contributed by atoms with E-state index in [9.17, 15) is 4.39 Å². The predicted octanol–water partition coefficient (Wildman–Crippen LogP) is 2.37. The Balaban J connectivity index is 2.59. The van der Waals surface area contributed by atoms with Gasteiger partial charge in [-0.3, -0.25) is 4.68 Å². The molecule has 2 N–H and O–H groups in total. The summed E-state index contributed by atoms with van der Waals surface area (Å²) in [5.74, 6) is -0.275. The molecule has 0 saturated heterocycles. The van der Waals surface area contributed by atoms with E-state index < -0.39 is 0 Å². The third-order valence-corrected chi connectivity index (χ3v) is 3.21. The minimum atomic E-state index is -0.275. The maximum absolute atomic E-state index is 13.2. The van der Waals surface area contributed by atoms with E-state index in [1.54, 1.807) is 4.68 Å². The van der Waals surface area contributed by atoms with Gasteiger partial charge in [0.05, 0.1) is 5.52 Å². The second-order valence-corrected chi connectivity index (χ2v) is 4.60. The van der Waals surface area contributed by atoms with Crippen molar-refractivity contribution in [1.29, 1.82) is 0 Å². The maximum atomic E-state index is 13.2. The molecule has 0 radical (unpaired) electrons. The van der Waals surface area contributed by atoms with Crippen molar-refractivity contribution in [3.63, 3.8) is 0 Å². The molecule has 0 atom stereocenters. The van der Waals surface area contributed by atoms with Crippen molar-refractivity contribution in [3.05, 3.63) is 28.1 Å². The van der Waals surface area contributed by atoms with Crippen LogP contribution in [-0.2, 0) is 13.5 Å². The Kier molecular flexibility index (Phi) is 3.25. The highest BCUT2D eigenvalue weighted by Gasteiger charge is 2.12. The second-order valence-electron chi connectivity index (χ2n) is 3.74. The number of halogens is 2. The molecule has 0 fully saturated rings. The van der Waals surface area contributed by atoms with Crippen LogP contribution in [0.2, 0.25) is 0 Å². The normalized spacial score (nSPS) is 11.2. The summed E-state index contributed by atoms with van der Waals surface area (Å²) >= 11 is 3.38. The average Bonchev–Trinajstić information content (AvgIpc) is 2.51. The molecule has 1 aromatic carbocycles. The fourth-order valence-corrected chi connectivity index (χ4v) is 2.52.